The van der Waals surface area contributed by atoms with Crippen molar-refractivity contribution in [2.24, 2.45) is 0 Å². The molecule has 1 atom stereocenters. The van der Waals surface area contributed by atoms with Crippen LogP contribution in [-0.4, -0.2) is 71.0 Å². The van der Waals surface area contributed by atoms with Gasteiger partial charge in [0, 0.05) is 6.92 Å². The van der Waals surface area contributed by atoms with Gasteiger partial charge in [-0.1, -0.05) is 0 Å². The fraction of sp³-hybridized carbons (Fsp3) is 0.545. The number of carbonyl (C=O) groups is 4. The fourth-order valence-corrected chi connectivity index (χ4v) is 0.653. The molecule has 0 aromatic carbocycles. The first-order valence-electron chi connectivity index (χ1n) is 5.84. The van der Waals surface area contributed by atoms with Crippen molar-refractivity contribution in [1.29, 1.82) is 5.26 Å². The molecular weight excluding hydrogens is 338 g/mol. The van der Waals surface area contributed by atoms with E-state index in [0.717, 1.165) is 0 Å². The Morgan fingerprint density at radius 2 is 1.21 bits per heavy atom. The predicted molar refractivity (Wildman–Crippen MR) is 71.8 cm³/mol. The molecule has 0 radical (unpaired) electrons. The van der Waals surface area contributed by atoms with Crippen LogP contribution in [0.1, 0.15) is 13.8 Å². The Bertz CT molecular complexity index is 413. The molecule has 24 heavy (non-hydrogen) atoms. The van der Waals surface area contributed by atoms with Gasteiger partial charge in [0.1, 0.15) is 25.9 Å². The number of rotatable bonds is 6. The van der Waals surface area contributed by atoms with Gasteiger partial charge in [0.15, 0.2) is 0 Å². The minimum Gasteiger partial charge on any atom is -0.450 e. The van der Waals surface area contributed by atoms with E-state index in [2.05, 4.69) is 18.9 Å². The van der Waals surface area contributed by atoms with Crippen LogP contribution in [0.3, 0.4) is 0 Å². The van der Waals surface area contributed by atoms with Crippen LogP contribution in [0.4, 0.5) is 19.2 Å². The minimum atomic E-state index is -1.45. The molecule has 13 heteroatoms. The molecule has 0 heterocycles. The quantitative estimate of drug-likeness (QED) is 0.303. The molecule has 0 saturated heterocycles. The summed E-state index contributed by atoms with van der Waals surface area (Å²) in [6.07, 6.45) is -6.58. The number of carboxylic acid groups (broad SMARTS) is 4. The van der Waals surface area contributed by atoms with E-state index in [-0.39, 0.29) is 19.8 Å². The second kappa shape index (κ2) is 17.6. The second-order valence-corrected chi connectivity index (χ2v) is 3.22. The smallest absolute Gasteiger partial charge is 0.450 e. The third-order valence-corrected chi connectivity index (χ3v) is 1.28. The molecule has 0 saturated carbocycles. The lowest BCUT2D eigenvalue weighted by molar-refractivity contribution is 0.0122. The summed E-state index contributed by atoms with van der Waals surface area (Å²) in [5, 5.41) is 39.0. The highest BCUT2D eigenvalue weighted by Crippen LogP contribution is 1.92. The number of hydrogen-bond acceptors (Lipinski definition) is 9. The van der Waals surface area contributed by atoms with Gasteiger partial charge in [-0.2, -0.15) is 5.26 Å². The van der Waals surface area contributed by atoms with E-state index >= 15 is 0 Å². The maximum Gasteiger partial charge on any atom is 0.506 e. The summed E-state index contributed by atoms with van der Waals surface area (Å²) in [4.78, 5) is 38.8. The molecule has 4 N–H and O–H groups in total. The van der Waals surface area contributed by atoms with Gasteiger partial charge >= 0.3 is 24.6 Å². The second-order valence-electron chi connectivity index (χ2n) is 3.22. The van der Waals surface area contributed by atoms with Gasteiger partial charge in [0.05, 0.1) is 6.07 Å². The maximum atomic E-state index is 9.83. The molecule has 0 aliphatic carbocycles. The molecule has 0 spiro atoms. The highest BCUT2D eigenvalue weighted by atomic mass is 16.7. The monoisotopic (exact) mass is 355 g/mol. The molecule has 0 rings (SSSR count). The van der Waals surface area contributed by atoms with E-state index < -0.39 is 30.7 Å². The topological polar surface area (TPSA) is 210 Å². The first-order chi connectivity index (χ1) is 11.1. The van der Waals surface area contributed by atoms with Crippen LogP contribution >= 0.6 is 0 Å². The third kappa shape index (κ3) is 36.3. The van der Waals surface area contributed by atoms with Gasteiger partial charge in [-0.05, 0) is 6.92 Å². The predicted octanol–water partition coefficient (Wildman–Crippen LogP) is 1.67. The Hall–Kier alpha value is -3.43. The van der Waals surface area contributed by atoms with E-state index in [1.807, 2.05) is 0 Å². The zero-order chi connectivity index (χ0) is 19.5. The lowest BCUT2D eigenvalue weighted by Crippen LogP contribution is -2.20. The SMILES string of the molecule is CC#N.CC(COC(=O)O)OC(=O)O.O=C(O)OCCOC(=O)O. The van der Waals surface area contributed by atoms with E-state index in [1.165, 1.54) is 13.8 Å². The van der Waals surface area contributed by atoms with Crippen LogP contribution in [0.5, 0.6) is 0 Å². The first kappa shape index (κ1) is 25.5. The lowest BCUT2D eigenvalue weighted by Gasteiger charge is -2.08. The van der Waals surface area contributed by atoms with E-state index in [1.54, 1.807) is 6.07 Å². The summed E-state index contributed by atoms with van der Waals surface area (Å²) in [6, 6.07) is 1.75. The zero-order valence-corrected chi connectivity index (χ0v) is 12.7. The Balaban J connectivity index is -0.000000317. The lowest BCUT2D eigenvalue weighted by atomic mass is 10.4. The van der Waals surface area contributed by atoms with Crippen molar-refractivity contribution in [3.05, 3.63) is 0 Å². The molecule has 13 nitrogen and oxygen atoms in total. The largest absolute Gasteiger partial charge is 0.506 e. The average molecular weight is 355 g/mol. The first-order valence-corrected chi connectivity index (χ1v) is 5.84. The molecule has 138 valence electrons. The van der Waals surface area contributed by atoms with Crippen molar-refractivity contribution in [1.82, 2.24) is 0 Å². The van der Waals surface area contributed by atoms with Crippen LogP contribution in [0.15, 0.2) is 0 Å². The van der Waals surface area contributed by atoms with Crippen molar-refractivity contribution in [2.45, 2.75) is 20.0 Å². The summed E-state index contributed by atoms with van der Waals surface area (Å²) >= 11 is 0. The van der Waals surface area contributed by atoms with Gasteiger partial charge in [0.2, 0.25) is 0 Å². The molecule has 0 aromatic rings. The number of hydrogen-bond donors (Lipinski definition) is 4. The molecule has 0 aliphatic rings. The van der Waals surface area contributed by atoms with E-state index in [4.69, 9.17) is 25.7 Å². The van der Waals surface area contributed by atoms with Gasteiger partial charge in [-0.25, -0.2) is 19.2 Å². The Morgan fingerprint density at radius 1 is 0.875 bits per heavy atom. The van der Waals surface area contributed by atoms with E-state index in [0.29, 0.717) is 0 Å². The van der Waals surface area contributed by atoms with Crippen molar-refractivity contribution in [3.63, 3.8) is 0 Å². The normalized spacial score (nSPS) is 9.21. The fourth-order valence-electron chi connectivity index (χ4n) is 0.653. The Morgan fingerprint density at radius 3 is 1.46 bits per heavy atom. The Kier molecular flexibility index (Phi) is 18.7. The highest BCUT2D eigenvalue weighted by Gasteiger charge is 2.09. The van der Waals surface area contributed by atoms with Gasteiger partial charge in [-0.15, -0.1) is 0 Å². The van der Waals surface area contributed by atoms with Crippen molar-refractivity contribution in [2.75, 3.05) is 19.8 Å². The summed E-state index contributed by atoms with van der Waals surface area (Å²) in [6.45, 7) is 1.97. The van der Waals surface area contributed by atoms with E-state index in [9.17, 15) is 19.2 Å². The van der Waals surface area contributed by atoms with Gasteiger partial charge in [-0.3, -0.25) is 0 Å². The molecule has 0 aliphatic heterocycles. The average Bonchev–Trinajstić information content (AvgIpc) is 2.42. The van der Waals surface area contributed by atoms with Crippen molar-refractivity contribution >= 4 is 24.6 Å². The maximum absolute atomic E-state index is 9.83. The number of ether oxygens (including phenoxy) is 4. The summed E-state index contributed by atoms with van der Waals surface area (Å²) in [7, 11) is 0. The number of nitriles is 1. The summed E-state index contributed by atoms with van der Waals surface area (Å²) in [5.74, 6) is 0. The van der Waals surface area contributed by atoms with Crippen LogP contribution in [0, 0.1) is 11.3 Å². The third-order valence-electron chi connectivity index (χ3n) is 1.28. The number of nitrogens with zero attached hydrogens (tertiary/aromatic N) is 1. The van der Waals surface area contributed by atoms with Crippen molar-refractivity contribution in [3.8, 4) is 6.07 Å². The van der Waals surface area contributed by atoms with Crippen LogP contribution < -0.4 is 0 Å². The molecule has 0 bridgehead atoms. The molecule has 0 amide bonds. The summed E-state index contributed by atoms with van der Waals surface area (Å²) < 4.78 is 16.0. The van der Waals surface area contributed by atoms with Gasteiger partial charge < -0.3 is 39.4 Å². The molecular formula is C11H17NO12. The highest BCUT2D eigenvalue weighted by molar-refractivity contribution is 5.58. The van der Waals surface area contributed by atoms with Crippen LogP contribution in [0.25, 0.3) is 0 Å². The standard InChI is InChI=1S/C5H8O6.C4H6O6.C2H3N/c1-3(11-5(8)9)2-10-4(6)7;5-3(6)9-1-2-10-4(7)8;1-2-3/h3H,2H2,1H3,(H,6,7)(H,8,9);1-2H2,(H,5,6)(H,7,8);1H3. The van der Waals surface area contributed by atoms with Crippen LogP contribution in [-0.2, 0) is 18.9 Å². The molecule has 1 unspecified atom stereocenters. The van der Waals surface area contributed by atoms with Gasteiger partial charge in [0.25, 0.3) is 0 Å². The Labute approximate surface area is 135 Å². The van der Waals surface area contributed by atoms with Crippen LogP contribution in [0.2, 0.25) is 0 Å². The zero-order valence-electron chi connectivity index (χ0n) is 12.7. The van der Waals surface area contributed by atoms with Crippen molar-refractivity contribution < 1.29 is 58.6 Å². The molecule has 0 aromatic heterocycles. The minimum absolute atomic E-state index is 0.276. The summed E-state index contributed by atoms with van der Waals surface area (Å²) in [5.41, 5.74) is 0. The molecule has 0 fully saturated rings.